The fraction of sp³-hybridized carbons (Fsp3) is 0.513. The van der Waals surface area contributed by atoms with Crippen molar-refractivity contribution in [1.82, 2.24) is 10.3 Å². The van der Waals surface area contributed by atoms with E-state index in [1.165, 1.54) is 18.5 Å². The summed E-state index contributed by atoms with van der Waals surface area (Å²) >= 11 is 0. The van der Waals surface area contributed by atoms with Gasteiger partial charge in [0.25, 0.3) is 5.91 Å². The average molecular weight is 665 g/mol. The molecule has 48 heavy (non-hydrogen) atoms. The molecule has 1 N–H and O–H groups in total. The molecule has 1 amide bonds. The molecule has 1 atom stereocenters. The summed E-state index contributed by atoms with van der Waals surface area (Å²) in [4.78, 5) is 54.5. The Morgan fingerprint density at radius 1 is 0.812 bits per heavy atom. The van der Waals surface area contributed by atoms with Crippen LogP contribution >= 0.6 is 0 Å². The second-order valence-electron chi connectivity index (χ2n) is 12.9. The van der Waals surface area contributed by atoms with Crippen molar-refractivity contribution in [2.75, 3.05) is 13.2 Å². The Bertz CT molecular complexity index is 1250. The number of hydrogen-bond donors (Lipinski definition) is 1. The zero-order chi connectivity index (χ0) is 35.7. The number of amides is 1. The maximum absolute atomic E-state index is 13.2. The molecule has 9 heteroatoms. The lowest BCUT2D eigenvalue weighted by molar-refractivity contribution is -0.156. The second-order valence-corrected chi connectivity index (χ2v) is 12.9. The molecule has 0 radical (unpaired) electrons. The number of rotatable bonds is 22. The molecule has 9 nitrogen and oxygen atoms in total. The minimum Gasteiger partial charge on any atom is -0.465 e. The van der Waals surface area contributed by atoms with E-state index in [4.69, 9.17) is 14.2 Å². The summed E-state index contributed by atoms with van der Waals surface area (Å²) in [7, 11) is 0. The average Bonchev–Trinajstić information content (AvgIpc) is 3.03. The monoisotopic (exact) mass is 664 g/mol. The second kappa shape index (κ2) is 24.0. The van der Waals surface area contributed by atoms with E-state index in [0.717, 1.165) is 38.5 Å². The lowest BCUT2D eigenvalue weighted by atomic mass is 9.86. The quantitative estimate of drug-likeness (QED) is 0.0574. The zero-order valence-electron chi connectivity index (χ0n) is 29.7. The molecule has 1 rings (SSSR count). The molecular formula is C39H56N2O7. The topological polar surface area (TPSA) is 121 Å². The fourth-order valence-electron chi connectivity index (χ4n) is 4.15. The van der Waals surface area contributed by atoms with E-state index >= 15 is 0 Å². The summed E-state index contributed by atoms with van der Waals surface area (Å²) in [6.07, 6.45) is 29.2. The van der Waals surface area contributed by atoms with Crippen LogP contribution in [0.3, 0.4) is 0 Å². The standard InChI is InChI=1S/C39H56N2O7/c1-7-8-9-10-11-12-13-14-15-16-17-18-19-20-21-22-23-26-33(42)46-31-39(5,6)35(47-37(45)32-25-24-28-40-30-32)36(44)41-29-27-34(43)48-38(2,3)4/h8-9,11-12,14-15,17-18,20-21,24-25,28,30,35H,7,10,13,16,19,22-23,26-27,29,31H2,1-6H3,(H,41,44)/b9-8-,12-11-,15-14-,18-17-,21-20-/t35-/m0/s1. The highest BCUT2D eigenvalue weighted by Gasteiger charge is 2.40. The molecule has 0 saturated heterocycles. The van der Waals surface area contributed by atoms with Crippen LogP contribution in [0.4, 0.5) is 0 Å². The van der Waals surface area contributed by atoms with E-state index in [9.17, 15) is 19.2 Å². The summed E-state index contributed by atoms with van der Waals surface area (Å²) in [6.45, 7) is 10.6. The lowest BCUT2D eigenvalue weighted by Crippen LogP contribution is -2.49. The molecule has 0 bridgehead atoms. The summed E-state index contributed by atoms with van der Waals surface area (Å²) in [5.74, 6) is -2.23. The number of allylic oxidation sites excluding steroid dienone is 10. The molecule has 0 spiro atoms. The first-order valence-corrected chi connectivity index (χ1v) is 16.9. The molecule has 264 valence electrons. The van der Waals surface area contributed by atoms with Crippen LogP contribution < -0.4 is 5.32 Å². The molecule has 0 aliphatic rings. The molecule has 1 heterocycles. The Balaban J connectivity index is 2.51. The van der Waals surface area contributed by atoms with Gasteiger partial charge < -0.3 is 19.5 Å². The van der Waals surface area contributed by atoms with Crippen molar-refractivity contribution in [3.05, 3.63) is 90.9 Å². The molecule has 1 aromatic rings. The van der Waals surface area contributed by atoms with Crippen LogP contribution in [0.25, 0.3) is 0 Å². The van der Waals surface area contributed by atoms with Gasteiger partial charge in [-0.3, -0.25) is 19.4 Å². The van der Waals surface area contributed by atoms with Gasteiger partial charge in [0, 0.05) is 30.8 Å². The van der Waals surface area contributed by atoms with Gasteiger partial charge in [0.15, 0.2) is 6.10 Å². The number of carbonyl (C=O) groups is 4. The molecular weight excluding hydrogens is 608 g/mol. The highest BCUT2D eigenvalue weighted by atomic mass is 16.6. The molecule has 1 aromatic heterocycles. The lowest BCUT2D eigenvalue weighted by Gasteiger charge is -2.32. The van der Waals surface area contributed by atoms with Crippen LogP contribution in [0.1, 0.15) is 110 Å². The summed E-state index contributed by atoms with van der Waals surface area (Å²) in [5, 5.41) is 2.64. The number of pyridine rings is 1. The van der Waals surface area contributed by atoms with Crippen molar-refractivity contribution in [3.63, 3.8) is 0 Å². The van der Waals surface area contributed by atoms with E-state index in [1.54, 1.807) is 40.7 Å². The van der Waals surface area contributed by atoms with E-state index in [-0.39, 0.29) is 31.6 Å². The van der Waals surface area contributed by atoms with Crippen molar-refractivity contribution in [1.29, 1.82) is 0 Å². The van der Waals surface area contributed by atoms with Gasteiger partial charge in [-0.25, -0.2) is 4.79 Å². The Hall–Kier alpha value is -4.27. The van der Waals surface area contributed by atoms with Crippen LogP contribution in [0.2, 0.25) is 0 Å². The molecule has 0 fully saturated rings. The van der Waals surface area contributed by atoms with Crippen molar-refractivity contribution in [2.24, 2.45) is 5.41 Å². The van der Waals surface area contributed by atoms with Crippen molar-refractivity contribution >= 4 is 23.8 Å². The zero-order valence-corrected chi connectivity index (χ0v) is 29.7. The van der Waals surface area contributed by atoms with E-state index in [1.807, 2.05) is 6.08 Å². The number of nitrogens with one attached hydrogen (secondary N) is 1. The minimum atomic E-state index is -1.31. The molecule has 0 saturated carbocycles. The van der Waals surface area contributed by atoms with Crippen LogP contribution in [0.15, 0.2) is 85.3 Å². The van der Waals surface area contributed by atoms with Crippen molar-refractivity contribution in [3.8, 4) is 0 Å². The molecule has 0 aromatic carbocycles. The van der Waals surface area contributed by atoms with Gasteiger partial charge in [-0.15, -0.1) is 0 Å². The Morgan fingerprint density at radius 3 is 1.94 bits per heavy atom. The third-order valence-corrected chi connectivity index (χ3v) is 6.63. The number of nitrogens with zero attached hydrogens (tertiary/aromatic N) is 1. The maximum atomic E-state index is 13.2. The normalized spacial score (nSPS) is 13.1. The smallest absolute Gasteiger partial charge is 0.340 e. The number of carbonyl (C=O) groups excluding carboxylic acids is 4. The number of esters is 3. The predicted octanol–water partition coefficient (Wildman–Crippen LogP) is 7.95. The fourth-order valence-corrected chi connectivity index (χ4v) is 4.15. The molecule has 0 aliphatic carbocycles. The third-order valence-electron chi connectivity index (χ3n) is 6.63. The first kappa shape index (κ1) is 41.8. The number of unbranched alkanes of at least 4 members (excludes halogenated alkanes) is 1. The van der Waals surface area contributed by atoms with Gasteiger partial charge in [-0.1, -0.05) is 81.5 Å². The van der Waals surface area contributed by atoms with Gasteiger partial charge in [0.1, 0.15) is 12.2 Å². The first-order chi connectivity index (χ1) is 22.9. The molecule has 0 aliphatic heterocycles. The SMILES string of the molecule is CC/C=C\C/C=C\C/C=C\C/C=C\C/C=C\CCCC(=O)OCC(C)(C)[C@@H](OC(=O)c1cccnc1)C(=O)NCCC(=O)OC(C)(C)C. The Kier molecular flexibility index (Phi) is 20.8. The van der Waals surface area contributed by atoms with Gasteiger partial charge in [0.05, 0.1) is 12.0 Å². The van der Waals surface area contributed by atoms with Crippen LogP contribution in [0.5, 0.6) is 0 Å². The maximum Gasteiger partial charge on any atom is 0.340 e. The third kappa shape index (κ3) is 20.8. The Labute approximate surface area is 287 Å². The van der Waals surface area contributed by atoms with Crippen LogP contribution in [-0.4, -0.2) is 53.7 Å². The van der Waals surface area contributed by atoms with Gasteiger partial charge in [-0.2, -0.15) is 0 Å². The van der Waals surface area contributed by atoms with Crippen LogP contribution in [0, 0.1) is 5.41 Å². The van der Waals surface area contributed by atoms with Gasteiger partial charge in [0.2, 0.25) is 0 Å². The van der Waals surface area contributed by atoms with Crippen LogP contribution in [-0.2, 0) is 28.6 Å². The molecule has 0 unspecified atom stereocenters. The van der Waals surface area contributed by atoms with Gasteiger partial charge >= 0.3 is 17.9 Å². The van der Waals surface area contributed by atoms with E-state index < -0.39 is 40.9 Å². The minimum absolute atomic E-state index is 0.0135. The number of aromatic nitrogens is 1. The highest BCUT2D eigenvalue weighted by molar-refractivity contribution is 5.92. The van der Waals surface area contributed by atoms with Crippen molar-refractivity contribution < 1.29 is 33.4 Å². The summed E-state index contributed by atoms with van der Waals surface area (Å²) in [6, 6.07) is 3.11. The number of hydrogen-bond acceptors (Lipinski definition) is 8. The van der Waals surface area contributed by atoms with Crippen molar-refractivity contribution in [2.45, 2.75) is 111 Å². The first-order valence-electron chi connectivity index (χ1n) is 16.9. The number of ether oxygens (including phenoxy) is 3. The van der Waals surface area contributed by atoms with E-state index in [2.05, 4.69) is 71.9 Å². The predicted molar refractivity (Wildman–Crippen MR) is 190 cm³/mol. The van der Waals surface area contributed by atoms with E-state index in [0.29, 0.717) is 6.42 Å². The summed E-state index contributed by atoms with van der Waals surface area (Å²) < 4.78 is 16.4. The highest BCUT2D eigenvalue weighted by Crippen LogP contribution is 2.26. The Morgan fingerprint density at radius 2 is 1.40 bits per heavy atom. The largest absolute Gasteiger partial charge is 0.465 e. The summed E-state index contributed by atoms with van der Waals surface area (Å²) in [5.41, 5.74) is -1.55. The van der Waals surface area contributed by atoms with Gasteiger partial charge in [-0.05, 0) is 77.8 Å².